The maximum absolute atomic E-state index is 5.41. The van der Waals surface area contributed by atoms with E-state index >= 15 is 0 Å². The summed E-state index contributed by atoms with van der Waals surface area (Å²) in [5.74, 6) is 5.84. The number of nitrogens with zero attached hydrogens (tertiary/aromatic N) is 2. The second kappa shape index (κ2) is 4.37. The number of nitrogens with one attached hydrogen (secondary N) is 2. The molecular formula is C14H15N5. The maximum Gasteiger partial charge on any atom is 0.237 e. The van der Waals surface area contributed by atoms with Crippen molar-refractivity contribution in [1.29, 1.82) is 0 Å². The Morgan fingerprint density at radius 2 is 1.95 bits per heavy atom. The predicted octanol–water partition coefficient (Wildman–Crippen LogP) is 2.53. The topological polar surface area (TPSA) is 79.6 Å². The zero-order chi connectivity index (χ0) is 13.4. The standard InChI is InChI=1S/C14H15N5/c1-8-7-12(18-14(16-8)19-15)13-9(2)17-11-6-4-3-5-10(11)13/h3-7,17H,15H2,1-2H3,(H,16,18,19). The fourth-order valence-corrected chi connectivity index (χ4v) is 2.37. The molecule has 2 heterocycles. The number of nitrogen functional groups attached to an aromatic ring is 1. The van der Waals surface area contributed by atoms with Crippen molar-refractivity contribution >= 4 is 16.9 Å². The van der Waals surface area contributed by atoms with Crippen LogP contribution < -0.4 is 11.3 Å². The normalized spacial score (nSPS) is 10.9. The zero-order valence-electron chi connectivity index (χ0n) is 10.9. The van der Waals surface area contributed by atoms with Crippen LogP contribution in [-0.4, -0.2) is 15.0 Å². The number of anilines is 1. The number of nitrogens with two attached hydrogens (primary N) is 1. The van der Waals surface area contributed by atoms with E-state index in [1.54, 1.807) is 0 Å². The lowest BCUT2D eigenvalue weighted by molar-refractivity contribution is 1.07. The molecule has 0 aliphatic rings. The molecule has 0 fully saturated rings. The minimum atomic E-state index is 0.430. The molecule has 0 radical (unpaired) electrons. The van der Waals surface area contributed by atoms with Crippen molar-refractivity contribution in [3.8, 4) is 11.3 Å². The molecule has 19 heavy (non-hydrogen) atoms. The highest BCUT2D eigenvalue weighted by Gasteiger charge is 2.12. The van der Waals surface area contributed by atoms with Gasteiger partial charge in [0.15, 0.2) is 0 Å². The van der Waals surface area contributed by atoms with Crippen molar-refractivity contribution in [3.05, 3.63) is 41.7 Å². The van der Waals surface area contributed by atoms with Gasteiger partial charge in [-0.3, -0.25) is 5.43 Å². The molecule has 0 unspecified atom stereocenters. The number of hydrogen-bond donors (Lipinski definition) is 3. The smallest absolute Gasteiger partial charge is 0.237 e. The molecule has 96 valence electrons. The quantitative estimate of drug-likeness (QED) is 0.484. The molecule has 0 atom stereocenters. The van der Waals surface area contributed by atoms with Gasteiger partial charge in [0.25, 0.3) is 0 Å². The van der Waals surface area contributed by atoms with E-state index in [1.807, 2.05) is 32.0 Å². The van der Waals surface area contributed by atoms with E-state index in [1.165, 1.54) is 0 Å². The lowest BCUT2D eigenvalue weighted by Crippen LogP contribution is -2.11. The van der Waals surface area contributed by atoms with Crippen LogP contribution in [0.15, 0.2) is 30.3 Å². The first-order chi connectivity index (χ1) is 9.19. The number of aromatic nitrogens is 3. The first-order valence-electron chi connectivity index (χ1n) is 6.09. The third-order valence-corrected chi connectivity index (χ3v) is 3.13. The monoisotopic (exact) mass is 253 g/mol. The second-order valence-electron chi connectivity index (χ2n) is 4.53. The molecule has 5 heteroatoms. The third-order valence-electron chi connectivity index (χ3n) is 3.13. The van der Waals surface area contributed by atoms with Crippen molar-refractivity contribution in [3.63, 3.8) is 0 Å². The van der Waals surface area contributed by atoms with Crippen LogP contribution in [0.25, 0.3) is 22.2 Å². The summed E-state index contributed by atoms with van der Waals surface area (Å²) in [4.78, 5) is 12.0. The number of rotatable bonds is 2. The molecular weight excluding hydrogens is 238 g/mol. The molecule has 0 spiro atoms. The molecule has 0 bridgehead atoms. The van der Waals surface area contributed by atoms with Gasteiger partial charge in [-0.2, -0.15) is 0 Å². The van der Waals surface area contributed by atoms with Gasteiger partial charge in [0.05, 0.1) is 5.69 Å². The van der Waals surface area contributed by atoms with Crippen molar-refractivity contribution in [1.82, 2.24) is 15.0 Å². The van der Waals surface area contributed by atoms with E-state index in [9.17, 15) is 0 Å². The van der Waals surface area contributed by atoms with Gasteiger partial charge in [-0.1, -0.05) is 18.2 Å². The average molecular weight is 253 g/mol. The van der Waals surface area contributed by atoms with Crippen LogP contribution in [0.3, 0.4) is 0 Å². The number of hydrogen-bond acceptors (Lipinski definition) is 4. The Kier molecular flexibility index (Phi) is 2.68. The molecule has 3 aromatic rings. The summed E-state index contributed by atoms with van der Waals surface area (Å²) >= 11 is 0. The number of benzene rings is 1. The highest BCUT2D eigenvalue weighted by Crippen LogP contribution is 2.31. The van der Waals surface area contributed by atoms with E-state index in [-0.39, 0.29) is 0 Å². The molecule has 1 aromatic carbocycles. The van der Waals surface area contributed by atoms with Gasteiger partial charge in [-0.15, -0.1) is 0 Å². The van der Waals surface area contributed by atoms with Crippen molar-refractivity contribution < 1.29 is 0 Å². The molecule has 5 nitrogen and oxygen atoms in total. The Morgan fingerprint density at radius 1 is 1.16 bits per heavy atom. The molecule has 4 N–H and O–H groups in total. The minimum Gasteiger partial charge on any atom is -0.358 e. The summed E-state index contributed by atoms with van der Waals surface area (Å²) in [5, 5.41) is 1.15. The third kappa shape index (κ3) is 1.94. The molecule has 0 saturated heterocycles. The Labute approximate surface area is 110 Å². The average Bonchev–Trinajstić information content (AvgIpc) is 2.73. The summed E-state index contributed by atoms with van der Waals surface area (Å²) in [7, 11) is 0. The van der Waals surface area contributed by atoms with Crippen LogP contribution in [0, 0.1) is 13.8 Å². The van der Waals surface area contributed by atoms with Crippen LogP contribution in [-0.2, 0) is 0 Å². The molecule has 2 aromatic heterocycles. The van der Waals surface area contributed by atoms with Crippen molar-refractivity contribution in [2.45, 2.75) is 13.8 Å². The zero-order valence-corrected chi connectivity index (χ0v) is 10.9. The van der Waals surface area contributed by atoms with Crippen LogP contribution in [0.1, 0.15) is 11.4 Å². The van der Waals surface area contributed by atoms with Gasteiger partial charge in [0.2, 0.25) is 5.95 Å². The number of H-pyrrole nitrogens is 1. The Bertz CT molecular complexity index is 745. The van der Waals surface area contributed by atoms with E-state index < -0.39 is 0 Å². The van der Waals surface area contributed by atoms with Crippen LogP contribution >= 0.6 is 0 Å². The maximum atomic E-state index is 5.41. The number of para-hydroxylation sites is 1. The van der Waals surface area contributed by atoms with E-state index in [2.05, 4.69) is 32.5 Å². The molecule has 3 rings (SSSR count). The molecule has 0 saturated carbocycles. The van der Waals surface area contributed by atoms with Gasteiger partial charge < -0.3 is 4.98 Å². The Balaban J connectivity index is 2.29. The highest BCUT2D eigenvalue weighted by molar-refractivity contribution is 5.96. The van der Waals surface area contributed by atoms with E-state index in [0.29, 0.717) is 5.95 Å². The largest absolute Gasteiger partial charge is 0.358 e. The van der Waals surface area contributed by atoms with Crippen LogP contribution in [0.4, 0.5) is 5.95 Å². The van der Waals surface area contributed by atoms with Gasteiger partial charge >= 0.3 is 0 Å². The summed E-state index contributed by atoms with van der Waals surface area (Å²) in [6.07, 6.45) is 0. The van der Waals surface area contributed by atoms with E-state index in [0.717, 1.165) is 33.5 Å². The second-order valence-corrected chi connectivity index (χ2v) is 4.53. The number of aryl methyl sites for hydroxylation is 2. The highest BCUT2D eigenvalue weighted by atomic mass is 15.3. The number of fused-ring (bicyclic) bond motifs is 1. The van der Waals surface area contributed by atoms with Crippen LogP contribution in [0.2, 0.25) is 0 Å². The van der Waals surface area contributed by atoms with E-state index in [4.69, 9.17) is 5.84 Å². The molecule has 0 amide bonds. The predicted molar refractivity (Wildman–Crippen MR) is 76.6 cm³/mol. The fraction of sp³-hybridized carbons (Fsp3) is 0.143. The first kappa shape index (κ1) is 11.7. The molecule has 0 aliphatic heterocycles. The van der Waals surface area contributed by atoms with Gasteiger partial charge in [-0.05, 0) is 26.0 Å². The van der Waals surface area contributed by atoms with Gasteiger partial charge in [0, 0.05) is 27.9 Å². The van der Waals surface area contributed by atoms with Crippen LogP contribution in [0.5, 0.6) is 0 Å². The lowest BCUT2D eigenvalue weighted by Gasteiger charge is -2.05. The summed E-state index contributed by atoms with van der Waals surface area (Å²) in [6.45, 7) is 3.97. The minimum absolute atomic E-state index is 0.430. The van der Waals surface area contributed by atoms with Crippen molar-refractivity contribution in [2.75, 3.05) is 5.43 Å². The lowest BCUT2D eigenvalue weighted by atomic mass is 10.1. The number of hydrazine groups is 1. The SMILES string of the molecule is Cc1cc(-c2c(C)[nH]c3ccccc23)nc(NN)n1. The fourth-order valence-electron chi connectivity index (χ4n) is 2.37. The number of aromatic amines is 1. The Hall–Kier alpha value is -2.40. The first-order valence-corrected chi connectivity index (χ1v) is 6.09. The molecule has 0 aliphatic carbocycles. The van der Waals surface area contributed by atoms with Crippen molar-refractivity contribution in [2.24, 2.45) is 5.84 Å². The summed E-state index contributed by atoms with van der Waals surface area (Å²) in [6, 6.07) is 10.1. The summed E-state index contributed by atoms with van der Waals surface area (Å²) in [5.41, 5.74) is 7.54. The summed E-state index contributed by atoms with van der Waals surface area (Å²) < 4.78 is 0. The Morgan fingerprint density at radius 3 is 2.74 bits per heavy atom. The van der Waals surface area contributed by atoms with Gasteiger partial charge in [-0.25, -0.2) is 15.8 Å². The van der Waals surface area contributed by atoms with Gasteiger partial charge in [0.1, 0.15) is 0 Å².